The van der Waals surface area contributed by atoms with Gasteiger partial charge in [0.25, 0.3) is 0 Å². The molecular weight excluding hydrogens is 342 g/mol. The molecule has 1 spiro atoms. The Balaban J connectivity index is 1.47. The zero-order valence-electron chi connectivity index (χ0n) is 15.6. The highest BCUT2D eigenvalue weighted by Gasteiger charge is 2.55. The number of carbonyl (C=O) groups is 1. The summed E-state index contributed by atoms with van der Waals surface area (Å²) >= 11 is 0. The number of carbonyl (C=O) groups excluding carboxylic acids is 1. The van der Waals surface area contributed by atoms with Crippen molar-refractivity contribution in [3.63, 3.8) is 0 Å². The normalized spacial score (nSPS) is 20.8. The maximum atomic E-state index is 12.9. The second-order valence-electron chi connectivity index (χ2n) is 7.25. The summed E-state index contributed by atoms with van der Waals surface area (Å²) in [6.45, 7) is 2.69. The number of nitrogens with one attached hydrogen (secondary N) is 1. The van der Waals surface area contributed by atoms with Gasteiger partial charge in [-0.25, -0.2) is 9.78 Å². The van der Waals surface area contributed by atoms with E-state index < -0.39 is 0 Å². The van der Waals surface area contributed by atoms with Crippen molar-refractivity contribution in [1.29, 1.82) is 0 Å². The summed E-state index contributed by atoms with van der Waals surface area (Å²) in [6, 6.07) is 15.9. The number of pyridine rings is 1. The molecule has 1 unspecified atom stereocenters. The smallest absolute Gasteiger partial charge is 0.318 e. The zero-order valence-corrected chi connectivity index (χ0v) is 15.6. The summed E-state index contributed by atoms with van der Waals surface area (Å²) < 4.78 is 10.7. The highest BCUT2D eigenvalue weighted by atomic mass is 16.5. The van der Waals surface area contributed by atoms with E-state index in [0.717, 1.165) is 38.3 Å². The van der Waals surface area contributed by atoms with Gasteiger partial charge in [-0.3, -0.25) is 0 Å². The Morgan fingerprint density at radius 1 is 1.22 bits per heavy atom. The molecule has 0 bridgehead atoms. The van der Waals surface area contributed by atoms with Gasteiger partial charge in [0.1, 0.15) is 0 Å². The van der Waals surface area contributed by atoms with Crippen molar-refractivity contribution in [2.45, 2.75) is 25.4 Å². The molecular formula is C21H25N3O3. The van der Waals surface area contributed by atoms with Gasteiger partial charge in [-0.05, 0) is 24.5 Å². The SMILES string of the molecule is COc1cccc(CNC(=O)N2CC3(CCOCC3)C2c2ccccc2)n1. The number of likely N-dealkylation sites (tertiary alicyclic amines) is 1. The summed E-state index contributed by atoms with van der Waals surface area (Å²) in [4.78, 5) is 19.2. The first-order valence-electron chi connectivity index (χ1n) is 9.39. The molecule has 1 N–H and O–H groups in total. The Bertz CT molecular complexity index is 790. The molecule has 2 aromatic rings. The number of amides is 2. The lowest BCUT2D eigenvalue weighted by atomic mass is 9.64. The van der Waals surface area contributed by atoms with Gasteiger partial charge in [-0.1, -0.05) is 36.4 Å². The van der Waals surface area contributed by atoms with Crippen LogP contribution in [0.2, 0.25) is 0 Å². The summed E-state index contributed by atoms with van der Waals surface area (Å²) in [5.41, 5.74) is 2.10. The van der Waals surface area contributed by atoms with E-state index in [9.17, 15) is 4.79 Å². The number of rotatable bonds is 4. The average molecular weight is 367 g/mol. The average Bonchev–Trinajstić information content (AvgIpc) is 2.72. The van der Waals surface area contributed by atoms with E-state index in [-0.39, 0.29) is 17.5 Å². The Hall–Kier alpha value is -2.60. The fourth-order valence-electron chi connectivity index (χ4n) is 4.24. The molecule has 0 saturated carbocycles. The first kappa shape index (κ1) is 17.8. The molecule has 2 fully saturated rings. The fraction of sp³-hybridized carbons (Fsp3) is 0.429. The Kier molecular flexibility index (Phi) is 4.99. The first-order valence-corrected chi connectivity index (χ1v) is 9.39. The zero-order chi connectivity index (χ0) is 18.7. The molecule has 1 atom stereocenters. The van der Waals surface area contributed by atoms with Crippen LogP contribution in [0.15, 0.2) is 48.5 Å². The van der Waals surface area contributed by atoms with Gasteiger partial charge in [-0.2, -0.15) is 0 Å². The van der Waals surface area contributed by atoms with Crippen molar-refractivity contribution in [3.05, 3.63) is 59.8 Å². The van der Waals surface area contributed by atoms with Crippen LogP contribution in [0.1, 0.15) is 30.1 Å². The molecule has 142 valence electrons. The van der Waals surface area contributed by atoms with Crippen molar-refractivity contribution in [3.8, 4) is 5.88 Å². The van der Waals surface area contributed by atoms with Gasteiger partial charge in [-0.15, -0.1) is 0 Å². The summed E-state index contributed by atoms with van der Waals surface area (Å²) in [5, 5.41) is 3.01. The van der Waals surface area contributed by atoms with E-state index >= 15 is 0 Å². The third-order valence-corrected chi connectivity index (χ3v) is 5.65. The molecule has 2 aliphatic heterocycles. The largest absolute Gasteiger partial charge is 0.481 e. The second-order valence-corrected chi connectivity index (χ2v) is 7.25. The molecule has 3 heterocycles. The number of aromatic nitrogens is 1. The molecule has 1 aromatic heterocycles. The number of hydrogen-bond acceptors (Lipinski definition) is 4. The van der Waals surface area contributed by atoms with Gasteiger partial charge in [0, 0.05) is 31.2 Å². The van der Waals surface area contributed by atoms with Crippen LogP contribution in [0.3, 0.4) is 0 Å². The molecule has 4 rings (SSSR count). The van der Waals surface area contributed by atoms with E-state index in [2.05, 4.69) is 22.4 Å². The van der Waals surface area contributed by atoms with Gasteiger partial charge in [0.2, 0.25) is 5.88 Å². The molecule has 6 heteroatoms. The Labute approximate surface area is 159 Å². The van der Waals surface area contributed by atoms with Crippen molar-refractivity contribution >= 4 is 6.03 Å². The number of urea groups is 1. The first-order chi connectivity index (χ1) is 13.2. The number of benzene rings is 1. The van der Waals surface area contributed by atoms with Gasteiger partial charge in [0.05, 0.1) is 25.4 Å². The van der Waals surface area contributed by atoms with Crippen LogP contribution in [0.5, 0.6) is 5.88 Å². The van der Waals surface area contributed by atoms with Gasteiger partial charge < -0.3 is 19.7 Å². The highest BCUT2D eigenvalue weighted by molar-refractivity contribution is 5.76. The van der Waals surface area contributed by atoms with Crippen LogP contribution in [0.25, 0.3) is 0 Å². The maximum absolute atomic E-state index is 12.9. The highest BCUT2D eigenvalue weighted by Crippen LogP contribution is 2.54. The van der Waals surface area contributed by atoms with Gasteiger partial charge in [0.15, 0.2) is 0 Å². The monoisotopic (exact) mass is 367 g/mol. The topological polar surface area (TPSA) is 63.7 Å². The predicted octanol–water partition coefficient (Wildman–Crippen LogP) is 3.15. The van der Waals surface area contributed by atoms with E-state index in [4.69, 9.17) is 9.47 Å². The van der Waals surface area contributed by atoms with Crippen molar-refractivity contribution in [1.82, 2.24) is 15.2 Å². The Morgan fingerprint density at radius 3 is 2.74 bits per heavy atom. The third-order valence-electron chi connectivity index (χ3n) is 5.65. The second kappa shape index (κ2) is 7.56. The van der Waals surface area contributed by atoms with Crippen molar-refractivity contribution in [2.24, 2.45) is 5.41 Å². The standard InChI is InChI=1S/C21H25N3O3/c1-26-18-9-5-8-17(23-18)14-22-20(25)24-15-21(10-12-27-13-11-21)19(24)16-6-3-2-4-7-16/h2-9,19H,10-15H2,1H3,(H,22,25). The van der Waals surface area contributed by atoms with Crippen LogP contribution in [0.4, 0.5) is 4.79 Å². The molecule has 0 aliphatic carbocycles. The molecule has 2 aliphatic rings. The van der Waals surface area contributed by atoms with Crippen molar-refractivity contribution in [2.75, 3.05) is 26.9 Å². The predicted molar refractivity (Wildman–Crippen MR) is 101 cm³/mol. The van der Waals surface area contributed by atoms with E-state index in [0.29, 0.717) is 12.4 Å². The van der Waals surface area contributed by atoms with Crippen LogP contribution in [-0.4, -0.2) is 42.8 Å². The Morgan fingerprint density at radius 2 is 2.00 bits per heavy atom. The minimum Gasteiger partial charge on any atom is -0.481 e. The molecule has 27 heavy (non-hydrogen) atoms. The lowest BCUT2D eigenvalue weighted by molar-refractivity contribution is -0.111. The molecule has 2 amide bonds. The van der Waals surface area contributed by atoms with E-state index in [1.54, 1.807) is 13.2 Å². The minimum absolute atomic E-state index is 0.0504. The lowest BCUT2D eigenvalue weighted by Gasteiger charge is -2.59. The van der Waals surface area contributed by atoms with Crippen molar-refractivity contribution < 1.29 is 14.3 Å². The van der Waals surface area contributed by atoms with Crippen LogP contribution in [0, 0.1) is 5.41 Å². The molecule has 6 nitrogen and oxygen atoms in total. The molecule has 0 radical (unpaired) electrons. The minimum atomic E-state index is -0.0504. The van der Waals surface area contributed by atoms with Gasteiger partial charge >= 0.3 is 6.03 Å². The number of hydrogen-bond donors (Lipinski definition) is 1. The van der Waals surface area contributed by atoms with E-state index in [1.807, 2.05) is 35.2 Å². The lowest BCUT2D eigenvalue weighted by Crippen LogP contribution is -2.64. The quantitative estimate of drug-likeness (QED) is 0.902. The van der Waals surface area contributed by atoms with E-state index in [1.165, 1.54) is 5.56 Å². The third kappa shape index (κ3) is 3.49. The fourth-order valence-corrected chi connectivity index (χ4v) is 4.24. The van der Waals surface area contributed by atoms with Crippen LogP contribution < -0.4 is 10.1 Å². The summed E-state index contributed by atoms with van der Waals surface area (Å²) in [7, 11) is 1.59. The van der Waals surface area contributed by atoms with Crippen LogP contribution >= 0.6 is 0 Å². The molecule has 2 saturated heterocycles. The molecule has 1 aromatic carbocycles. The summed E-state index contributed by atoms with van der Waals surface area (Å²) in [6.07, 6.45) is 1.99. The number of nitrogens with zero attached hydrogens (tertiary/aromatic N) is 2. The van der Waals surface area contributed by atoms with Crippen LogP contribution in [-0.2, 0) is 11.3 Å². The summed E-state index contributed by atoms with van der Waals surface area (Å²) in [5.74, 6) is 0.550. The maximum Gasteiger partial charge on any atom is 0.318 e. The number of ether oxygens (including phenoxy) is 2. The number of methoxy groups -OCH3 is 1.